The number of rotatable bonds is 5. The van der Waals surface area contributed by atoms with Gasteiger partial charge in [-0.1, -0.05) is 41.6 Å². The van der Waals surface area contributed by atoms with Crippen LogP contribution in [0.4, 0.5) is 0 Å². The smallest absolute Gasteiger partial charge is 0.233 e. The predicted octanol–water partition coefficient (Wildman–Crippen LogP) is 2.24. The van der Waals surface area contributed by atoms with Crippen molar-refractivity contribution in [3.05, 3.63) is 59.7 Å². The molecule has 4 aliphatic rings. The number of benzene rings is 2. The van der Waals surface area contributed by atoms with Gasteiger partial charge < -0.3 is 24.5 Å². The number of imide groups is 1. The van der Waals surface area contributed by atoms with Crippen molar-refractivity contribution in [3.63, 3.8) is 0 Å². The van der Waals surface area contributed by atoms with E-state index in [4.69, 9.17) is 14.3 Å². The Bertz CT molecular complexity index is 1200. The third-order valence-corrected chi connectivity index (χ3v) is 7.90. The average Bonchev–Trinajstić information content (AvgIpc) is 3.45. The Morgan fingerprint density at radius 3 is 2.56 bits per heavy atom. The molecule has 0 spiro atoms. The molecule has 0 aromatic heterocycles. The summed E-state index contributed by atoms with van der Waals surface area (Å²) >= 11 is 0. The fourth-order valence-corrected chi connectivity index (χ4v) is 6.18. The minimum absolute atomic E-state index is 0.123. The number of aliphatic hydroxyl groups is 2. The molecule has 36 heavy (non-hydrogen) atoms. The SMILES string of the molecule is O=C1[C@H]2[C@H]3[C@H](O)[C@H](O)CC(=NOCc4ccccc4)[C@@H]3CC[C@H]2C(=O)N1Cc1ccc2c(c1)OCO2. The van der Waals surface area contributed by atoms with Crippen LogP contribution in [0.15, 0.2) is 53.7 Å². The summed E-state index contributed by atoms with van der Waals surface area (Å²) in [6.07, 6.45) is -0.889. The second kappa shape index (κ2) is 9.22. The highest BCUT2D eigenvalue weighted by Crippen LogP contribution is 2.50. The number of hydrogen-bond acceptors (Lipinski definition) is 8. The van der Waals surface area contributed by atoms with E-state index in [1.807, 2.05) is 36.4 Å². The summed E-state index contributed by atoms with van der Waals surface area (Å²) in [5, 5.41) is 25.9. The van der Waals surface area contributed by atoms with Crippen molar-refractivity contribution in [2.24, 2.45) is 28.8 Å². The maximum Gasteiger partial charge on any atom is 0.233 e. The molecule has 1 saturated heterocycles. The Morgan fingerprint density at radius 1 is 0.944 bits per heavy atom. The zero-order valence-electron chi connectivity index (χ0n) is 19.7. The van der Waals surface area contributed by atoms with E-state index in [0.29, 0.717) is 30.1 Å². The van der Waals surface area contributed by atoms with E-state index in [0.717, 1.165) is 11.1 Å². The molecule has 9 nitrogen and oxygen atoms in total. The number of carbonyl (C=O) groups is 2. The lowest BCUT2D eigenvalue weighted by atomic mass is 9.60. The second-order valence-electron chi connectivity index (χ2n) is 9.95. The van der Waals surface area contributed by atoms with E-state index >= 15 is 0 Å². The van der Waals surface area contributed by atoms with Gasteiger partial charge in [-0.3, -0.25) is 14.5 Å². The summed E-state index contributed by atoms with van der Waals surface area (Å²) < 4.78 is 10.8. The van der Waals surface area contributed by atoms with E-state index < -0.39 is 30.0 Å². The lowest BCUT2D eigenvalue weighted by Crippen LogP contribution is -2.54. The summed E-state index contributed by atoms with van der Waals surface area (Å²) in [5.41, 5.74) is 2.37. The lowest BCUT2D eigenvalue weighted by molar-refractivity contribution is -0.142. The van der Waals surface area contributed by atoms with Gasteiger partial charge in [0, 0.05) is 18.3 Å². The van der Waals surface area contributed by atoms with Gasteiger partial charge in [0.25, 0.3) is 0 Å². The van der Waals surface area contributed by atoms with Gasteiger partial charge in [0.15, 0.2) is 11.5 Å². The number of ether oxygens (including phenoxy) is 2. The quantitative estimate of drug-likeness (QED) is 0.486. The molecule has 0 radical (unpaired) electrons. The molecular weight excluding hydrogens is 464 g/mol. The van der Waals surface area contributed by atoms with Crippen LogP contribution in [0.25, 0.3) is 0 Å². The summed E-state index contributed by atoms with van der Waals surface area (Å²) in [7, 11) is 0. The fraction of sp³-hybridized carbons (Fsp3) is 0.444. The van der Waals surface area contributed by atoms with Gasteiger partial charge >= 0.3 is 0 Å². The number of fused-ring (bicyclic) bond motifs is 4. The highest BCUT2D eigenvalue weighted by molar-refractivity contribution is 6.06. The van der Waals surface area contributed by atoms with Gasteiger partial charge in [-0.05, 0) is 36.1 Å². The van der Waals surface area contributed by atoms with Crippen molar-refractivity contribution in [2.45, 2.75) is 44.6 Å². The Balaban J connectivity index is 1.22. The standard InChI is InChI=1S/C27H28N2O7/c30-20-11-19(28-36-13-15-4-2-1-3-5-15)17-7-8-18-24(23(17)25(20)31)27(33)29(26(18)32)12-16-6-9-21-22(10-16)35-14-34-21/h1-6,9-10,17-18,20,23-25,30-31H,7-8,11-14H2/t17-,18+,20+,23-,24+,25+/m0/s1. The summed E-state index contributed by atoms with van der Waals surface area (Å²) in [6.45, 7) is 0.554. The maximum atomic E-state index is 13.6. The first-order valence-corrected chi connectivity index (χ1v) is 12.3. The number of nitrogens with zero attached hydrogens (tertiary/aromatic N) is 2. The van der Waals surface area contributed by atoms with Crippen molar-refractivity contribution >= 4 is 17.5 Å². The van der Waals surface area contributed by atoms with Gasteiger partial charge in [-0.25, -0.2) is 0 Å². The molecule has 2 aliphatic carbocycles. The molecule has 9 heteroatoms. The molecule has 6 atom stereocenters. The number of hydrogen-bond donors (Lipinski definition) is 2. The van der Waals surface area contributed by atoms with Crippen LogP contribution in [-0.2, 0) is 27.6 Å². The molecular formula is C27H28N2O7. The largest absolute Gasteiger partial charge is 0.454 e. The van der Waals surface area contributed by atoms with Crippen LogP contribution < -0.4 is 9.47 Å². The van der Waals surface area contributed by atoms with Crippen LogP contribution >= 0.6 is 0 Å². The van der Waals surface area contributed by atoms with Crippen LogP contribution in [0, 0.1) is 23.7 Å². The van der Waals surface area contributed by atoms with Gasteiger partial charge in [0.05, 0.1) is 36.3 Å². The normalized spacial score (nSPS) is 31.9. The molecule has 0 unspecified atom stereocenters. The summed E-state index contributed by atoms with van der Waals surface area (Å²) in [4.78, 5) is 33.8. The Hall–Kier alpha value is -3.43. The highest BCUT2D eigenvalue weighted by Gasteiger charge is 2.59. The van der Waals surface area contributed by atoms with Crippen molar-refractivity contribution in [2.75, 3.05) is 6.79 Å². The molecule has 2 amide bonds. The lowest BCUT2D eigenvalue weighted by Gasteiger charge is -2.45. The molecule has 188 valence electrons. The van der Waals surface area contributed by atoms with Crippen molar-refractivity contribution in [1.29, 1.82) is 0 Å². The summed E-state index contributed by atoms with van der Waals surface area (Å²) in [5.74, 6) is -1.36. The van der Waals surface area contributed by atoms with Crippen molar-refractivity contribution < 1.29 is 34.1 Å². The first-order valence-electron chi connectivity index (χ1n) is 12.3. The molecule has 2 aromatic rings. The Labute approximate surface area is 208 Å². The third-order valence-electron chi connectivity index (χ3n) is 7.90. The zero-order valence-corrected chi connectivity index (χ0v) is 19.7. The first-order chi connectivity index (χ1) is 17.5. The minimum Gasteiger partial charge on any atom is -0.454 e. The molecule has 0 bridgehead atoms. The van der Waals surface area contributed by atoms with Crippen molar-refractivity contribution in [3.8, 4) is 11.5 Å². The molecule has 2 heterocycles. The van der Waals surface area contributed by atoms with E-state index in [2.05, 4.69) is 5.16 Å². The maximum absolute atomic E-state index is 13.6. The molecule has 6 rings (SSSR count). The first kappa shape index (κ1) is 23.0. The number of aliphatic hydroxyl groups excluding tert-OH is 2. The topological polar surface area (TPSA) is 118 Å². The van der Waals surface area contributed by atoms with E-state index in [9.17, 15) is 19.8 Å². The number of amides is 2. The van der Waals surface area contributed by atoms with Crippen LogP contribution in [-0.4, -0.2) is 51.6 Å². The Morgan fingerprint density at radius 2 is 1.72 bits per heavy atom. The monoisotopic (exact) mass is 492 g/mol. The van der Waals surface area contributed by atoms with Crippen LogP contribution in [0.3, 0.4) is 0 Å². The summed E-state index contributed by atoms with van der Waals surface area (Å²) in [6, 6.07) is 15.0. The van der Waals surface area contributed by atoms with E-state index in [1.165, 1.54) is 4.90 Å². The number of likely N-dealkylation sites (tertiary alicyclic amines) is 1. The van der Waals surface area contributed by atoms with Gasteiger partial charge in [-0.2, -0.15) is 0 Å². The molecule has 3 fully saturated rings. The number of carbonyl (C=O) groups excluding carboxylic acids is 2. The van der Waals surface area contributed by atoms with Gasteiger partial charge in [-0.15, -0.1) is 0 Å². The minimum atomic E-state index is -1.11. The van der Waals surface area contributed by atoms with Crippen molar-refractivity contribution in [1.82, 2.24) is 4.90 Å². The second-order valence-corrected chi connectivity index (χ2v) is 9.95. The van der Waals surface area contributed by atoms with Crippen LogP contribution in [0.5, 0.6) is 11.5 Å². The van der Waals surface area contributed by atoms with Crippen LogP contribution in [0.2, 0.25) is 0 Å². The molecule has 2 aliphatic heterocycles. The van der Waals surface area contributed by atoms with E-state index in [-0.39, 0.29) is 44.1 Å². The number of oxime groups is 1. The molecule has 2 N–H and O–H groups in total. The average molecular weight is 493 g/mol. The predicted molar refractivity (Wildman–Crippen MR) is 127 cm³/mol. The highest BCUT2D eigenvalue weighted by atomic mass is 16.7. The third kappa shape index (κ3) is 3.92. The molecule has 2 saturated carbocycles. The zero-order chi connectivity index (χ0) is 24.8. The van der Waals surface area contributed by atoms with Crippen LogP contribution in [0.1, 0.15) is 30.4 Å². The molecule has 2 aromatic carbocycles. The van der Waals surface area contributed by atoms with E-state index in [1.54, 1.807) is 12.1 Å². The Kier molecular flexibility index (Phi) is 5.89. The fourth-order valence-electron chi connectivity index (χ4n) is 6.18. The van der Waals surface area contributed by atoms with Gasteiger partial charge in [0.1, 0.15) is 6.61 Å². The van der Waals surface area contributed by atoms with Gasteiger partial charge in [0.2, 0.25) is 18.6 Å².